The third-order valence-corrected chi connectivity index (χ3v) is 3.33. The van der Waals surface area contributed by atoms with Crippen LogP contribution >= 0.6 is 0 Å². The molecular weight excluding hydrogens is 268 g/mol. The molecule has 1 aromatic heterocycles. The molecule has 0 saturated heterocycles. The molecule has 0 amide bonds. The summed E-state index contributed by atoms with van der Waals surface area (Å²) in [5.74, 6) is 1.97. The predicted octanol–water partition coefficient (Wildman–Crippen LogP) is 3.38. The van der Waals surface area contributed by atoms with Crippen LogP contribution in [0.3, 0.4) is 0 Å². The van der Waals surface area contributed by atoms with Crippen molar-refractivity contribution in [3.8, 4) is 17.6 Å². The zero-order valence-corrected chi connectivity index (χ0v) is 12.4. The number of aryl methyl sites for hydroxylation is 2. The highest BCUT2D eigenvalue weighted by atomic mass is 16.5. The average Bonchev–Trinajstić information content (AvgIpc) is 2.84. The summed E-state index contributed by atoms with van der Waals surface area (Å²) in [6.07, 6.45) is 0.589. The number of aromatic nitrogens is 1. The lowest BCUT2D eigenvalue weighted by Gasteiger charge is -2.10. The van der Waals surface area contributed by atoms with E-state index in [0.29, 0.717) is 18.8 Å². The van der Waals surface area contributed by atoms with Crippen molar-refractivity contribution in [2.45, 2.75) is 26.2 Å². The number of ether oxygens (including phenoxy) is 2. The molecule has 110 valence electrons. The smallest absolute Gasteiger partial charge is 0.138 e. The van der Waals surface area contributed by atoms with Gasteiger partial charge in [0.25, 0.3) is 0 Å². The van der Waals surface area contributed by atoms with Crippen molar-refractivity contribution in [3.63, 3.8) is 0 Å². The van der Waals surface area contributed by atoms with Crippen molar-refractivity contribution in [1.82, 2.24) is 5.16 Å². The normalized spacial score (nSPS) is 11.7. The van der Waals surface area contributed by atoms with Crippen LogP contribution in [0.5, 0.6) is 11.5 Å². The first kappa shape index (κ1) is 14.9. The highest BCUT2D eigenvalue weighted by Crippen LogP contribution is 2.26. The van der Waals surface area contributed by atoms with Crippen LogP contribution in [0.2, 0.25) is 0 Å². The summed E-state index contributed by atoms with van der Waals surface area (Å²) in [4.78, 5) is 0. The van der Waals surface area contributed by atoms with Crippen LogP contribution in [0.4, 0.5) is 0 Å². The van der Waals surface area contributed by atoms with Gasteiger partial charge in [0.15, 0.2) is 0 Å². The zero-order chi connectivity index (χ0) is 15.2. The lowest BCUT2D eigenvalue weighted by atomic mass is 9.96. The van der Waals surface area contributed by atoms with Gasteiger partial charge in [-0.3, -0.25) is 0 Å². The van der Waals surface area contributed by atoms with Crippen LogP contribution in [0.25, 0.3) is 0 Å². The van der Waals surface area contributed by atoms with Gasteiger partial charge in [-0.2, -0.15) is 5.26 Å². The summed E-state index contributed by atoms with van der Waals surface area (Å²) in [6, 6.07) is 9.65. The maximum Gasteiger partial charge on any atom is 0.138 e. The maximum absolute atomic E-state index is 9.32. The largest absolute Gasteiger partial charge is 0.497 e. The van der Waals surface area contributed by atoms with Gasteiger partial charge in [-0.1, -0.05) is 5.16 Å². The Hall–Kier alpha value is -2.48. The van der Waals surface area contributed by atoms with E-state index in [-0.39, 0.29) is 5.92 Å². The highest BCUT2D eigenvalue weighted by Gasteiger charge is 2.20. The van der Waals surface area contributed by atoms with E-state index in [4.69, 9.17) is 14.0 Å². The number of methoxy groups -OCH3 is 1. The number of hydrogen-bond acceptors (Lipinski definition) is 5. The third-order valence-electron chi connectivity index (χ3n) is 3.33. The van der Waals surface area contributed by atoms with Gasteiger partial charge in [0, 0.05) is 12.0 Å². The summed E-state index contributed by atoms with van der Waals surface area (Å²) in [6.45, 7) is 4.12. The van der Waals surface area contributed by atoms with Crippen LogP contribution in [-0.4, -0.2) is 18.9 Å². The summed E-state index contributed by atoms with van der Waals surface area (Å²) in [5, 5.41) is 13.2. The van der Waals surface area contributed by atoms with Crippen LogP contribution in [0.1, 0.15) is 29.4 Å². The van der Waals surface area contributed by atoms with Gasteiger partial charge in [0.05, 0.1) is 31.4 Å². The Balaban J connectivity index is 1.93. The van der Waals surface area contributed by atoms with Crippen LogP contribution in [0.15, 0.2) is 28.8 Å². The van der Waals surface area contributed by atoms with Crippen molar-refractivity contribution in [2.24, 2.45) is 0 Å². The molecule has 1 atom stereocenters. The number of nitrogens with zero attached hydrogens (tertiary/aromatic N) is 2. The standard InChI is InChI=1S/C16H18N2O3/c1-11-16(12(2)21-18-11)13(10-17)8-9-20-15-6-4-14(19-3)5-7-15/h4-7,13H,8-9H2,1-3H3. The highest BCUT2D eigenvalue weighted by molar-refractivity contribution is 5.32. The van der Waals surface area contributed by atoms with Gasteiger partial charge >= 0.3 is 0 Å². The average molecular weight is 286 g/mol. The Morgan fingerprint density at radius 3 is 2.43 bits per heavy atom. The fourth-order valence-electron chi connectivity index (χ4n) is 2.23. The number of hydrogen-bond donors (Lipinski definition) is 0. The van der Waals surface area contributed by atoms with E-state index in [1.54, 1.807) is 7.11 Å². The Kier molecular flexibility index (Phi) is 4.83. The lowest BCUT2D eigenvalue weighted by Crippen LogP contribution is -2.06. The minimum Gasteiger partial charge on any atom is -0.497 e. The van der Waals surface area contributed by atoms with Gasteiger partial charge in [-0.05, 0) is 38.1 Å². The molecule has 0 N–H and O–H groups in total. The summed E-state index contributed by atoms with van der Waals surface area (Å²) in [5.41, 5.74) is 1.64. The van der Waals surface area contributed by atoms with E-state index < -0.39 is 0 Å². The molecule has 1 unspecified atom stereocenters. The first-order chi connectivity index (χ1) is 10.2. The quantitative estimate of drug-likeness (QED) is 0.814. The van der Waals surface area contributed by atoms with Crippen LogP contribution in [-0.2, 0) is 0 Å². The molecule has 1 aromatic carbocycles. The van der Waals surface area contributed by atoms with Crippen LogP contribution in [0, 0.1) is 25.2 Å². The lowest BCUT2D eigenvalue weighted by molar-refractivity contribution is 0.304. The zero-order valence-electron chi connectivity index (χ0n) is 12.4. The third kappa shape index (κ3) is 3.54. The molecule has 5 heteroatoms. The Morgan fingerprint density at radius 1 is 1.24 bits per heavy atom. The van der Waals surface area contributed by atoms with Gasteiger partial charge in [0.2, 0.25) is 0 Å². The Labute approximate surface area is 124 Å². The molecule has 0 aliphatic rings. The fraction of sp³-hybridized carbons (Fsp3) is 0.375. The van der Waals surface area contributed by atoms with Crippen molar-refractivity contribution in [3.05, 3.63) is 41.3 Å². The molecule has 0 bridgehead atoms. The number of rotatable bonds is 6. The summed E-state index contributed by atoms with van der Waals surface area (Å²) < 4.78 is 15.9. The molecule has 0 aliphatic heterocycles. The fourth-order valence-corrected chi connectivity index (χ4v) is 2.23. The molecule has 2 aromatic rings. The minimum atomic E-state index is -0.269. The molecule has 0 spiro atoms. The van der Waals surface area contributed by atoms with E-state index in [9.17, 15) is 5.26 Å². The van der Waals surface area contributed by atoms with E-state index in [1.165, 1.54) is 0 Å². The van der Waals surface area contributed by atoms with Crippen LogP contribution < -0.4 is 9.47 Å². The molecule has 2 rings (SSSR count). The van der Waals surface area contributed by atoms with E-state index in [2.05, 4.69) is 11.2 Å². The van der Waals surface area contributed by atoms with Crippen molar-refractivity contribution >= 4 is 0 Å². The maximum atomic E-state index is 9.32. The van der Waals surface area contributed by atoms with E-state index in [1.807, 2.05) is 38.1 Å². The first-order valence-electron chi connectivity index (χ1n) is 6.75. The molecule has 0 fully saturated rings. The van der Waals surface area contributed by atoms with Gasteiger partial charge in [0.1, 0.15) is 17.3 Å². The number of nitriles is 1. The monoisotopic (exact) mass is 286 g/mol. The second-order valence-corrected chi connectivity index (χ2v) is 4.73. The van der Waals surface area contributed by atoms with E-state index >= 15 is 0 Å². The topological polar surface area (TPSA) is 68.3 Å². The molecule has 5 nitrogen and oxygen atoms in total. The SMILES string of the molecule is COc1ccc(OCCC(C#N)c2c(C)noc2C)cc1. The Morgan fingerprint density at radius 2 is 1.90 bits per heavy atom. The molecule has 0 radical (unpaired) electrons. The Bertz CT molecular complexity index is 606. The van der Waals surface area contributed by atoms with Crippen molar-refractivity contribution in [2.75, 3.05) is 13.7 Å². The molecule has 0 saturated carbocycles. The number of benzene rings is 1. The second-order valence-electron chi connectivity index (χ2n) is 4.73. The van der Waals surface area contributed by atoms with Crippen molar-refractivity contribution in [1.29, 1.82) is 5.26 Å². The molecular formula is C16H18N2O3. The van der Waals surface area contributed by atoms with Gasteiger partial charge in [-0.25, -0.2) is 0 Å². The van der Waals surface area contributed by atoms with Gasteiger partial charge in [-0.15, -0.1) is 0 Å². The van der Waals surface area contributed by atoms with Gasteiger partial charge < -0.3 is 14.0 Å². The summed E-state index contributed by atoms with van der Waals surface area (Å²) >= 11 is 0. The molecule has 0 aliphatic carbocycles. The molecule has 21 heavy (non-hydrogen) atoms. The molecule has 1 heterocycles. The second kappa shape index (κ2) is 6.80. The van der Waals surface area contributed by atoms with E-state index in [0.717, 1.165) is 22.8 Å². The first-order valence-corrected chi connectivity index (χ1v) is 6.75. The van der Waals surface area contributed by atoms with Crippen molar-refractivity contribution < 1.29 is 14.0 Å². The minimum absolute atomic E-state index is 0.269. The summed E-state index contributed by atoms with van der Waals surface area (Å²) in [7, 11) is 1.62. The predicted molar refractivity (Wildman–Crippen MR) is 77.4 cm³/mol.